The molecule has 6 heteroatoms. The van der Waals surface area contributed by atoms with Gasteiger partial charge in [-0.15, -0.1) is 0 Å². The first kappa shape index (κ1) is 13.2. The van der Waals surface area contributed by atoms with Gasteiger partial charge in [0.15, 0.2) is 0 Å². The Balaban J connectivity index is 2.09. The molecule has 0 aliphatic carbocycles. The number of benzene rings is 2. The van der Waals surface area contributed by atoms with E-state index in [9.17, 15) is 18.3 Å². The van der Waals surface area contributed by atoms with Gasteiger partial charge in [-0.25, -0.2) is 13.2 Å². The maximum Gasteiger partial charge on any atom is 0.150 e. The zero-order valence-corrected chi connectivity index (χ0v) is 11.2. The predicted octanol–water partition coefficient (Wildman–Crippen LogP) is 3.68. The predicted molar refractivity (Wildman–Crippen MR) is 74.1 cm³/mol. The van der Waals surface area contributed by atoms with E-state index in [1.807, 2.05) is 0 Å². The molecule has 2 aromatic carbocycles. The van der Waals surface area contributed by atoms with Crippen LogP contribution in [-0.2, 0) is 0 Å². The summed E-state index contributed by atoms with van der Waals surface area (Å²) >= 11 is 0. The number of nitrogens with one attached hydrogen (secondary N) is 1. The fraction of sp³-hybridized carbons (Fsp3) is 0.125. The molecule has 0 bridgehead atoms. The van der Waals surface area contributed by atoms with Crippen LogP contribution in [0.25, 0.3) is 22.2 Å². The largest absolute Gasteiger partial charge is 0.482 e. The minimum absolute atomic E-state index is 0.130. The zero-order valence-electron chi connectivity index (χ0n) is 11.2. The van der Waals surface area contributed by atoms with Crippen LogP contribution < -0.4 is 4.74 Å². The molecule has 0 amide bonds. The van der Waals surface area contributed by atoms with Crippen molar-refractivity contribution < 1.29 is 23.0 Å². The number of H-pyrrole nitrogens is 1. The smallest absolute Gasteiger partial charge is 0.150 e. The molecule has 0 fully saturated rings. The Labute approximate surface area is 123 Å². The highest BCUT2D eigenvalue weighted by molar-refractivity contribution is 5.93. The lowest BCUT2D eigenvalue weighted by Gasteiger charge is -2.25. The van der Waals surface area contributed by atoms with Crippen molar-refractivity contribution in [2.75, 3.05) is 6.61 Å². The number of ether oxygens (including phenoxy) is 1. The van der Waals surface area contributed by atoms with E-state index in [0.717, 1.165) is 6.07 Å². The van der Waals surface area contributed by atoms with Crippen molar-refractivity contribution in [2.24, 2.45) is 0 Å². The molecule has 3 aromatic rings. The Morgan fingerprint density at radius 3 is 2.68 bits per heavy atom. The van der Waals surface area contributed by atoms with Crippen LogP contribution in [0.3, 0.4) is 0 Å². The highest BCUT2D eigenvalue weighted by Crippen LogP contribution is 2.45. The van der Waals surface area contributed by atoms with E-state index in [4.69, 9.17) is 4.74 Å². The maximum atomic E-state index is 14.0. The average Bonchev–Trinajstić information content (AvgIpc) is 2.86. The van der Waals surface area contributed by atoms with Gasteiger partial charge in [-0.05, 0) is 18.2 Å². The molecule has 3 nitrogen and oxygen atoms in total. The molecule has 22 heavy (non-hydrogen) atoms. The third-order valence-electron chi connectivity index (χ3n) is 3.83. The summed E-state index contributed by atoms with van der Waals surface area (Å²) in [6, 6.07) is 5.93. The summed E-state index contributed by atoms with van der Waals surface area (Å²) in [6.07, 6.45) is -0.820. The fourth-order valence-electron chi connectivity index (χ4n) is 2.93. The monoisotopic (exact) mass is 305 g/mol. The topological polar surface area (TPSA) is 45.2 Å². The number of aromatic amines is 1. The minimum Gasteiger partial charge on any atom is -0.482 e. The van der Waals surface area contributed by atoms with Gasteiger partial charge >= 0.3 is 0 Å². The van der Waals surface area contributed by atoms with Crippen molar-refractivity contribution in [1.29, 1.82) is 0 Å². The van der Waals surface area contributed by atoms with Crippen molar-refractivity contribution in [3.63, 3.8) is 0 Å². The standard InChI is InChI=1S/C16H10F3NO2/c17-7-1-2-9-12(5-7)22-13(6-21)14-10-3-8(18)4-11(19)15(10)20-16(9)14/h1-5,13,20-21H,6H2/t13-/m1/s1. The van der Waals surface area contributed by atoms with E-state index in [-0.39, 0.29) is 11.3 Å². The molecule has 112 valence electrons. The van der Waals surface area contributed by atoms with Gasteiger partial charge in [-0.2, -0.15) is 0 Å². The lowest BCUT2D eigenvalue weighted by atomic mass is 9.97. The second-order valence-corrected chi connectivity index (χ2v) is 5.15. The SMILES string of the molecule is OC[C@H]1Oc2cc(F)ccc2-c2[nH]c3c(F)cc(F)cc3c21. The number of fused-ring (bicyclic) bond motifs is 5. The van der Waals surface area contributed by atoms with E-state index in [2.05, 4.69) is 4.98 Å². The summed E-state index contributed by atoms with van der Waals surface area (Å²) in [7, 11) is 0. The van der Waals surface area contributed by atoms with Crippen LogP contribution in [-0.4, -0.2) is 16.7 Å². The first-order valence-electron chi connectivity index (χ1n) is 6.66. The molecule has 0 saturated carbocycles. The normalized spacial score (nSPS) is 16.3. The van der Waals surface area contributed by atoms with Gasteiger partial charge in [-0.3, -0.25) is 0 Å². The molecule has 0 spiro atoms. The molecule has 1 atom stereocenters. The van der Waals surface area contributed by atoms with Crippen molar-refractivity contribution in [1.82, 2.24) is 4.98 Å². The van der Waals surface area contributed by atoms with E-state index in [1.165, 1.54) is 24.3 Å². The van der Waals surface area contributed by atoms with Gasteiger partial charge in [-0.1, -0.05) is 0 Å². The molecule has 2 heterocycles. The number of hydrogen-bond acceptors (Lipinski definition) is 2. The van der Waals surface area contributed by atoms with Gasteiger partial charge in [0.2, 0.25) is 0 Å². The summed E-state index contributed by atoms with van der Waals surface area (Å²) in [6.45, 7) is -0.395. The fourth-order valence-corrected chi connectivity index (χ4v) is 2.93. The number of hydrogen-bond donors (Lipinski definition) is 2. The van der Waals surface area contributed by atoms with Gasteiger partial charge in [0, 0.05) is 28.6 Å². The molecule has 0 radical (unpaired) electrons. The molecular weight excluding hydrogens is 295 g/mol. The summed E-state index contributed by atoms with van der Waals surface area (Å²) in [5, 5.41) is 9.84. The Morgan fingerprint density at radius 2 is 1.91 bits per heavy atom. The number of aromatic nitrogens is 1. The van der Waals surface area contributed by atoms with Crippen LogP contribution in [0, 0.1) is 17.5 Å². The summed E-state index contributed by atoms with van der Waals surface area (Å²) in [5.41, 5.74) is 1.64. The molecule has 0 saturated heterocycles. The van der Waals surface area contributed by atoms with Crippen LogP contribution in [0.1, 0.15) is 11.7 Å². The van der Waals surface area contributed by atoms with Crippen LogP contribution in [0.5, 0.6) is 5.75 Å². The van der Waals surface area contributed by atoms with Crippen LogP contribution in [0.15, 0.2) is 30.3 Å². The molecule has 2 N–H and O–H groups in total. The van der Waals surface area contributed by atoms with Crippen LogP contribution >= 0.6 is 0 Å². The first-order valence-corrected chi connectivity index (χ1v) is 6.66. The third kappa shape index (κ3) is 1.74. The lowest BCUT2D eigenvalue weighted by molar-refractivity contribution is 0.115. The molecule has 1 aromatic heterocycles. The second-order valence-electron chi connectivity index (χ2n) is 5.15. The highest BCUT2D eigenvalue weighted by Gasteiger charge is 2.31. The Kier molecular flexibility index (Phi) is 2.71. The minimum atomic E-state index is -0.820. The lowest BCUT2D eigenvalue weighted by Crippen LogP contribution is -2.17. The van der Waals surface area contributed by atoms with Crippen LogP contribution in [0.4, 0.5) is 13.2 Å². The highest BCUT2D eigenvalue weighted by atomic mass is 19.1. The molecule has 4 rings (SSSR count). The van der Waals surface area contributed by atoms with Gasteiger partial charge < -0.3 is 14.8 Å². The van der Waals surface area contributed by atoms with E-state index in [1.54, 1.807) is 0 Å². The Hall–Kier alpha value is -2.47. The maximum absolute atomic E-state index is 14.0. The molecule has 1 aliphatic rings. The number of aliphatic hydroxyl groups is 1. The number of halogens is 3. The molecule has 1 aliphatic heterocycles. The quantitative estimate of drug-likeness (QED) is 0.720. The second kappa shape index (κ2) is 4.51. The molecule has 0 unspecified atom stereocenters. The van der Waals surface area contributed by atoms with Crippen molar-refractivity contribution in [2.45, 2.75) is 6.10 Å². The summed E-state index contributed by atoms with van der Waals surface area (Å²) in [4.78, 5) is 2.90. The van der Waals surface area contributed by atoms with Gasteiger partial charge in [0.25, 0.3) is 0 Å². The third-order valence-corrected chi connectivity index (χ3v) is 3.83. The zero-order chi connectivity index (χ0) is 15.4. The van der Waals surface area contributed by atoms with Crippen molar-refractivity contribution in [3.8, 4) is 17.0 Å². The Bertz CT molecular complexity index is 904. The van der Waals surface area contributed by atoms with Gasteiger partial charge in [0.05, 0.1) is 17.8 Å². The van der Waals surface area contributed by atoms with Gasteiger partial charge in [0.1, 0.15) is 29.3 Å². The average molecular weight is 305 g/mol. The number of rotatable bonds is 1. The van der Waals surface area contributed by atoms with E-state index < -0.39 is 30.2 Å². The van der Waals surface area contributed by atoms with Crippen molar-refractivity contribution in [3.05, 3.63) is 53.3 Å². The number of aliphatic hydroxyl groups excluding tert-OH is 1. The van der Waals surface area contributed by atoms with Crippen molar-refractivity contribution >= 4 is 10.9 Å². The van der Waals surface area contributed by atoms with Crippen LogP contribution in [0.2, 0.25) is 0 Å². The first-order chi connectivity index (χ1) is 10.6. The Morgan fingerprint density at radius 1 is 1.09 bits per heavy atom. The summed E-state index contributed by atoms with van der Waals surface area (Å²) in [5.74, 6) is -1.68. The van der Waals surface area contributed by atoms with E-state index >= 15 is 0 Å². The molecular formula is C16H10F3NO2. The van der Waals surface area contributed by atoms with E-state index in [0.29, 0.717) is 22.2 Å². The summed E-state index contributed by atoms with van der Waals surface area (Å²) < 4.78 is 46.4.